The highest BCUT2D eigenvalue weighted by atomic mass is 16.5. The Bertz CT molecular complexity index is 446. The molecule has 0 saturated carbocycles. The van der Waals surface area contributed by atoms with Crippen LogP contribution in [0.2, 0.25) is 0 Å². The van der Waals surface area contributed by atoms with E-state index < -0.39 is 0 Å². The van der Waals surface area contributed by atoms with Gasteiger partial charge in [0.25, 0.3) is 0 Å². The molecule has 1 aromatic carbocycles. The maximum atomic E-state index is 11.7. The quantitative estimate of drug-likeness (QED) is 0.840. The summed E-state index contributed by atoms with van der Waals surface area (Å²) in [4.78, 5) is 11.7. The van der Waals surface area contributed by atoms with E-state index in [0.29, 0.717) is 11.5 Å². The van der Waals surface area contributed by atoms with Gasteiger partial charge >= 0.3 is 0 Å². The van der Waals surface area contributed by atoms with Crippen molar-refractivity contribution in [2.45, 2.75) is 19.4 Å². The van der Waals surface area contributed by atoms with E-state index in [4.69, 9.17) is 9.47 Å². The van der Waals surface area contributed by atoms with Gasteiger partial charge in [-0.15, -0.1) is 0 Å². The van der Waals surface area contributed by atoms with Crippen molar-refractivity contribution in [2.75, 3.05) is 24.9 Å². The molecule has 5 heteroatoms. The molecular weight excluding hydrogens is 220 g/mol. The van der Waals surface area contributed by atoms with Crippen LogP contribution < -0.4 is 20.1 Å². The van der Waals surface area contributed by atoms with Gasteiger partial charge in [0.15, 0.2) is 11.5 Å². The number of amides is 1. The predicted molar refractivity (Wildman–Crippen MR) is 65.9 cm³/mol. The molecule has 1 atom stereocenters. The zero-order chi connectivity index (χ0) is 12.4. The minimum Gasteiger partial charge on any atom is -0.493 e. The third-order valence-electron chi connectivity index (χ3n) is 2.84. The van der Waals surface area contributed by atoms with Crippen LogP contribution in [0.1, 0.15) is 13.3 Å². The summed E-state index contributed by atoms with van der Waals surface area (Å²) in [6.45, 7) is 1.96. The van der Waals surface area contributed by atoms with Gasteiger partial charge in [-0.2, -0.15) is 0 Å². The summed E-state index contributed by atoms with van der Waals surface area (Å²) < 4.78 is 10.4. The van der Waals surface area contributed by atoms with Crippen molar-refractivity contribution >= 4 is 17.3 Å². The first-order valence-corrected chi connectivity index (χ1v) is 5.53. The first kappa shape index (κ1) is 11.6. The number of nitrogens with one attached hydrogen (secondary N) is 2. The van der Waals surface area contributed by atoms with E-state index >= 15 is 0 Å². The molecule has 2 N–H and O–H groups in total. The first-order chi connectivity index (χ1) is 8.19. The lowest BCUT2D eigenvalue weighted by Crippen LogP contribution is -2.38. The molecule has 0 aromatic heterocycles. The monoisotopic (exact) mass is 236 g/mol. The molecule has 0 aliphatic carbocycles. The van der Waals surface area contributed by atoms with Crippen LogP contribution in [0.25, 0.3) is 0 Å². The number of ether oxygens (including phenoxy) is 2. The average molecular weight is 236 g/mol. The molecule has 1 heterocycles. The second-order valence-corrected chi connectivity index (χ2v) is 3.85. The molecule has 1 unspecified atom stereocenters. The highest BCUT2D eigenvalue weighted by Gasteiger charge is 2.25. The molecule has 0 fully saturated rings. The minimum atomic E-state index is -0.194. The molecule has 92 valence electrons. The number of hydrogen-bond donors (Lipinski definition) is 2. The molecule has 1 aromatic rings. The topological polar surface area (TPSA) is 59.6 Å². The van der Waals surface area contributed by atoms with Gasteiger partial charge in [-0.1, -0.05) is 6.92 Å². The van der Waals surface area contributed by atoms with Crippen molar-refractivity contribution < 1.29 is 14.3 Å². The van der Waals surface area contributed by atoms with E-state index in [9.17, 15) is 4.79 Å². The summed E-state index contributed by atoms with van der Waals surface area (Å²) in [5, 5.41) is 6.02. The smallest absolute Gasteiger partial charge is 0.246 e. The van der Waals surface area contributed by atoms with E-state index in [1.807, 2.05) is 13.0 Å². The highest BCUT2D eigenvalue weighted by molar-refractivity contribution is 6.03. The van der Waals surface area contributed by atoms with Crippen LogP contribution in [0.15, 0.2) is 12.1 Å². The van der Waals surface area contributed by atoms with Gasteiger partial charge in [-0.3, -0.25) is 4.79 Å². The van der Waals surface area contributed by atoms with Crippen LogP contribution >= 0.6 is 0 Å². The van der Waals surface area contributed by atoms with Crippen LogP contribution in [-0.4, -0.2) is 26.2 Å². The van der Waals surface area contributed by atoms with Gasteiger partial charge in [0.2, 0.25) is 5.91 Å². The Hall–Kier alpha value is -1.91. The molecule has 1 amide bonds. The van der Waals surface area contributed by atoms with Crippen molar-refractivity contribution in [3.05, 3.63) is 12.1 Å². The van der Waals surface area contributed by atoms with Crippen molar-refractivity contribution in [3.63, 3.8) is 0 Å². The lowest BCUT2D eigenvalue weighted by Gasteiger charge is -2.27. The van der Waals surface area contributed by atoms with Crippen LogP contribution in [0.5, 0.6) is 11.5 Å². The minimum absolute atomic E-state index is 0.0211. The Morgan fingerprint density at radius 2 is 1.76 bits per heavy atom. The maximum absolute atomic E-state index is 11.7. The molecule has 0 bridgehead atoms. The number of rotatable bonds is 3. The predicted octanol–water partition coefficient (Wildman–Crippen LogP) is 1.85. The fourth-order valence-electron chi connectivity index (χ4n) is 1.86. The Kier molecular flexibility index (Phi) is 3.08. The zero-order valence-corrected chi connectivity index (χ0v) is 10.2. The molecule has 5 nitrogen and oxygen atoms in total. The number of carbonyl (C=O) groups is 1. The fraction of sp³-hybridized carbons (Fsp3) is 0.417. The standard InChI is InChI=1S/C12H16N2O3/c1-4-7-12(15)14-9-6-11(17-3)10(16-2)5-8(9)13-7/h5-7,13H,4H2,1-3H3,(H,14,15). The maximum Gasteiger partial charge on any atom is 0.246 e. The normalized spacial score (nSPS) is 17.8. The summed E-state index contributed by atoms with van der Waals surface area (Å²) in [7, 11) is 3.15. The van der Waals surface area contributed by atoms with Crippen LogP contribution in [0, 0.1) is 0 Å². The van der Waals surface area contributed by atoms with E-state index in [-0.39, 0.29) is 11.9 Å². The molecule has 0 saturated heterocycles. The van der Waals surface area contributed by atoms with E-state index in [1.54, 1.807) is 20.3 Å². The summed E-state index contributed by atoms with van der Waals surface area (Å²) in [6.07, 6.45) is 0.736. The summed E-state index contributed by atoms with van der Waals surface area (Å²) >= 11 is 0. The second kappa shape index (κ2) is 4.53. The summed E-state index contributed by atoms with van der Waals surface area (Å²) in [5.74, 6) is 1.22. The molecule has 1 aliphatic heterocycles. The number of fused-ring (bicyclic) bond motifs is 1. The zero-order valence-electron chi connectivity index (χ0n) is 10.2. The Morgan fingerprint density at radius 3 is 2.29 bits per heavy atom. The van der Waals surface area contributed by atoms with Gasteiger partial charge in [-0.05, 0) is 6.42 Å². The largest absolute Gasteiger partial charge is 0.493 e. The molecular formula is C12H16N2O3. The lowest BCUT2D eigenvalue weighted by atomic mass is 10.1. The first-order valence-electron chi connectivity index (χ1n) is 5.53. The lowest BCUT2D eigenvalue weighted by molar-refractivity contribution is -0.117. The van der Waals surface area contributed by atoms with E-state index in [2.05, 4.69) is 10.6 Å². The second-order valence-electron chi connectivity index (χ2n) is 3.85. The van der Waals surface area contributed by atoms with Crippen LogP contribution in [-0.2, 0) is 4.79 Å². The van der Waals surface area contributed by atoms with Crippen LogP contribution in [0.4, 0.5) is 11.4 Å². The molecule has 0 spiro atoms. The van der Waals surface area contributed by atoms with Crippen molar-refractivity contribution in [1.82, 2.24) is 0 Å². The SMILES string of the molecule is CCC1Nc2cc(OC)c(OC)cc2NC1=O. The number of hydrogen-bond acceptors (Lipinski definition) is 4. The number of methoxy groups -OCH3 is 2. The Morgan fingerprint density at radius 1 is 1.18 bits per heavy atom. The number of anilines is 2. The summed E-state index contributed by atoms with van der Waals surface area (Å²) in [5.41, 5.74) is 1.58. The number of benzene rings is 1. The number of carbonyl (C=O) groups excluding carboxylic acids is 1. The van der Waals surface area contributed by atoms with Crippen LogP contribution in [0.3, 0.4) is 0 Å². The average Bonchev–Trinajstić information content (AvgIpc) is 2.36. The van der Waals surface area contributed by atoms with Crippen molar-refractivity contribution in [3.8, 4) is 11.5 Å². The summed E-state index contributed by atoms with van der Waals surface area (Å²) in [6, 6.07) is 3.39. The third-order valence-corrected chi connectivity index (χ3v) is 2.84. The Labute approximate surface area is 100 Å². The van der Waals surface area contributed by atoms with Gasteiger partial charge in [-0.25, -0.2) is 0 Å². The molecule has 2 rings (SSSR count). The van der Waals surface area contributed by atoms with E-state index in [1.165, 1.54) is 0 Å². The molecule has 0 radical (unpaired) electrons. The molecule has 17 heavy (non-hydrogen) atoms. The molecule has 1 aliphatic rings. The van der Waals surface area contributed by atoms with Crippen molar-refractivity contribution in [2.24, 2.45) is 0 Å². The van der Waals surface area contributed by atoms with Crippen molar-refractivity contribution in [1.29, 1.82) is 0 Å². The van der Waals surface area contributed by atoms with E-state index in [0.717, 1.165) is 17.8 Å². The van der Waals surface area contributed by atoms with Gasteiger partial charge in [0.1, 0.15) is 6.04 Å². The highest BCUT2D eigenvalue weighted by Crippen LogP contribution is 2.38. The fourth-order valence-corrected chi connectivity index (χ4v) is 1.86. The van der Waals surface area contributed by atoms with Gasteiger partial charge in [0, 0.05) is 12.1 Å². The third kappa shape index (κ3) is 2.00. The van der Waals surface area contributed by atoms with Gasteiger partial charge in [0.05, 0.1) is 25.6 Å². The Balaban J connectivity index is 2.41. The van der Waals surface area contributed by atoms with Gasteiger partial charge < -0.3 is 20.1 Å².